The molecule has 2 aromatic carbocycles. The number of hydrogen-bond donors (Lipinski definition) is 0. The minimum atomic E-state index is -0.995. The van der Waals surface area contributed by atoms with Gasteiger partial charge in [-0.15, -0.1) is 0 Å². The molecule has 1 aliphatic rings. The third-order valence-corrected chi connectivity index (χ3v) is 6.89. The SMILES string of the molecule is CP1c2ccccc2S(=O)c2ccccc21. The fraction of sp³-hybridized carbons (Fsp3) is 0.0769. The van der Waals surface area contributed by atoms with Gasteiger partial charge in [0.25, 0.3) is 0 Å². The first kappa shape index (κ1) is 10.2. The third kappa shape index (κ3) is 1.37. The fourth-order valence-corrected chi connectivity index (χ4v) is 6.20. The normalized spacial score (nSPS) is 22.3. The van der Waals surface area contributed by atoms with Gasteiger partial charge in [0, 0.05) is 0 Å². The lowest BCUT2D eigenvalue weighted by Gasteiger charge is -2.24. The molecule has 0 atom stereocenters. The van der Waals surface area contributed by atoms with Crippen LogP contribution in [0.5, 0.6) is 0 Å². The predicted octanol–water partition coefficient (Wildman–Crippen LogP) is 2.23. The molecule has 0 spiro atoms. The van der Waals surface area contributed by atoms with Gasteiger partial charge in [-0.1, -0.05) is 36.4 Å². The molecule has 16 heavy (non-hydrogen) atoms. The molecule has 1 aliphatic heterocycles. The molecule has 0 radical (unpaired) electrons. The lowest BCUT2D eigenvalue weighted by atomic mass is 10.3. The summed E-state index contributed by atoms with van der Waals surface area (Å²) >= 11 is 0. The summed E-state index contributed by atoms with van der Waals surface area (Å²) in [5, 5.41) is 2.52. The van der Waals surface area contributed by atoms with Crippen molar-refractivity contribution < 1.29 is 4.21 Å². The van der Waals surface area contributed by atoms with Crippen LogP contribution in [0.25, 0.3) is 0 Å². The molecule has 80 valence electrons. The Morgan fingerprint density at radius 3 is 1.81 bits per heavy atom. The smallest absolute Gasteiger partial charge is 0.0862 e. The largest absolute Gasteiger partial charge is 0.249 e. The fourth-order valence-electron chi connectivity index (χ4n) is 2.03. The van der Waals surface area contributed by atoms with Crippen LogP contribution in [0.15, 0.2) is 58.3 Å². The van der Waals surface area contributed by atoms with Crippen LogP contribution < -0.4 is 10.6 Å². The quantitative estimate of drug-likeness (QED) is 0.651. The Kier molecular flexibility index (Phi) is 2.42. The van der Waals surface area contributed by atoms with Gasteiger partial charge in [0.15, 0.2) is 0 Å². The summed E-state index contributed by atoms with van der Waals surface area (Å²) in [5.41, 5.74) is 0. The first-order chi connectivity index (χ1) is 7.79. The highest BCUT2D eigenvalue weighted by Crippen LogP contribution is 2.38. The molecule has 1 nitrogen and oxygen atoms in total. The average molecular weight is 246 g/mol. The Balaban J connectivity index is 2.30. The minimum Gasteiger partial charge on any atom is -0.249 e. The average Bonchev–Trinajstić information content (AvgIpc) is 2.36. The molecular weight excluding hydrogens is 235 g/mol. The van der Waals surface area contributed by atoms with Crippen molar-refractivity contribution >= 4 is 29.3 Å². The van der Waals surface area contributed by atoms with Gasteiger partial charge in [-0.2, -0.15) is 0 Å². The molecule has 0 unspecified atom stereocenters. The molecule has 0 fully saturated rings. The van der Waals surface area contributed by atoms with Crippen molar-refractivity contribution in [1.82, 2.24) is 0 Å². The molecule has 2 aromatic rings. The van der Waals surface area contributed by atoms with Crippen molar-refractivity contribution in [3.05, 3.63) is 48.5 Å². The zero-order chi connectivity index (χ0) is 11.1. The highest BCUT2D eigenvalue weighted by molar-refractivity contribution is 7.89. The van der Waals surface area contributed by atoms with E-state index >= 15 is 0 Å². The van der Waals surface area contributed by atoms with Crippen molar-refractivity contribution in [3.8, 4) is 0 Å². The number of hydrogen-bond acceptors (Lipinski definition) is 1. The van der Waals surface area contributed by atoms with Gasteiger partial charge in [0.05, 0.1) is 20.6 Å². The van der Waals surface area contributed by atoms with Gasteiger partial charge in [-0.05, 0) is 37.3 Å². The van der Waals surface area contributed by atoms with E-state index < -0.39 is 10.8 Å². The van der Waals surface area contributed by atoms with Crippen molar-refractivity contribution in [2.45, 2.75) is 9.79 Å². The summed E-state index contributed by atoms with van der Waals surface area (Å²) in [6, 6.07) is 16.2. The Hall–Kier alpha value is -0.980. The standard InChI is InChI=1S/C13H11OPS/c1-15-10-6-2-4-8-12(10)16(14)13-9-5-3-7-11(13)15/h2-9H,1H3. The summed E-state index contributed by atoms with van der Waals surface area (Å²) in [6.07, 6.45) is 0. The first-order valence-corrected chi connectivity index (χ1v) is 8.06. The van der Waals surface area contributed by atoms with Gasteiger partial charge in [-0.25, -0.2) is 4.21 Å². The second kappa shape index (κ2) is 3.80. The van der Waals surface area contributed by atoms with Crippen LogP contribution in [-0.4, -0.2) is 10.9 Å². The minimum absolute atomic E-state index is 0.343. The Morgan fingerprint density at radius 1 is 0.875 bits per heavy atom. The lowest BCUT2D eigenvalue weighted by molar-refractivity contribution is 0.684. The molecule has 1 heterocycles. The molecule has 0 aromatic heterocycles. The van der Waals surface area contributed by atoms with Gasteiger partial charge in [0.2, 0.25) is 0 Å². The third-order valence-electron chi connectivity index (χ3n) is 2.85. The van der Waals surface area contributed by atoms with Crippen molar-refractivity contribution in [2.75, 3.05) is 6.66 Å². The van der Waals surface area contributed by atoms with Crippen LogP contribution in [0.4, 0.5) is 0 Å². The maximum absolute atomic E-state index is 12.4. The van der Waals surface area contributed by atoms with Crippen LogP contribution in [0, 0.1) is 0 Å². The molecule has 3 rings (SSSR count). The van der Waals surface area contributed by atoms with Gasteiger partial charge >= 0.3 is 0 Å². The van der Waals surface area contributed by atoms with E-state index in [-0.39, 0.29) is 7.92 Å². The zero-order valence-electron chi connectivity index (χ0n) is 8.88. The van der Waals surface area contributed by atoms with E-state index in [1.54, 1.807) is 0 Å². The van der Waals surface area contributed by atoms with Crippen LogP contribution >= 0.6 is 7.92 Å². The van der Waals surface area contributed by atoms with Crippen molar-refractivity contribution in [3.63, 3.8) is 0 Å². The van der Waals surface area contributed by atoms with Crippen molar-refractivity contribution in [2.24, 2.45) is 0 Å². The Labute approximate surface area is 98.7 Å². The van der Waals surface area contributed by atoms with E-state index in [2.05, 4.69) is 18.8 Å². The Morgan fingerprint density at radius 2 is 1.31 bits per heavy atom. The maximum atomic E-state index is 12.4. The summed E-state index contributed by atoms with van der Waals surface area (Å²) in [4.78, 5) is 1.99. The van der Waals surface area contributed by atoms with E-state index in [9.17, 15) is 4.21 Å². The molecule has 0 saturated heterocycles. The molecule has 0 amide bonds. The van der Waals surface area contributed by atoms with Crippen LogP contribution in [-0.2, 0) is 10.8 Å². The van der Waals surface area contributed by atoms with E-state index in [4.69, 9.17) is 0 Å². The summed E-state index contributed by atoms with van der Waals surface area (Å²) in [7, 11) is -1.34. The van der Waals surface area contributed by atoms with E-state index in [1.807, 2.05) is 36.4 Å². The van der Waals surface area contributed by atoms with Crippen LogP contribution in [0.3, 0.4) is 0 Å². The maximum Gasteiger partial charge on any atom is 0.0862 e. The summed E-state index contributed by atoms with van der Waals surface area (Å²) < 4.78 is 12.4. The van der Waals surface area contributed by atoms with Gasteiger partial charge in [-0.3, -0.25) is 0 Å². The number of rotatable bonds is 0. The van der Waals surface area contributed by atoms with Crippen LogP contribution in [0.1, 0.15) is 0 Å². The first-order valence-electron chi connectivity index (χ1n) is 5.12. The summed E-state index contributed by atoms with van der Waals surface area (Å²) in [6.45, 7) is 2.24. The van der Waals surface area contributed by atoms with Gasteiger partial charge in [0.1, 0.15) is 0 Å². The highest BCUT2D eigenvalue weighted by atomic mass is 32.2. The predicted molar refractivity (Wildman–Crippen MR) is 69.7 cm³/mol. The van der Waals surface area contributed by atoms with Crippen LogP contribution in [0.2, 0.25) is 0 Å². The second-order valence-electron chi connectivity index (χ2n) is 3.76. The van der Waals surface area contributed by atoms with E-state index in [1.165, 1.54) is 10.6 Å². The monoisotopic (exact) mass is 246 g/mol. The molecule has 0 N–H and O–H groups in total. The number of benzene rings is 2. The number of fused-ring (bicyclic) bond motifs is 2. The lowest BCUT2D eigenvalue weighted by Crippen LogP contribution is -2.25. The second-order valence-corrected chi connectivity index (χ2v) is 7.26. The summed E-state index contributed by atoms with van der Waals surface area (Å²) in [5.74, 6) is 0. The molecule has 3 heteroatoms. The van der Waals surface area contributed by atoms with E-state index in [0.717, 1.165) is 9.79 Å². The Bertz CT molecular complexity index is 530. The molecular formula is C13H11OPS. The zero-order valence-corrected chi connectivity index (χ0v) is 10.6. The van der Waals surface area contributed by atoms with Crippen molar-refractivity contribution in [1.29, 1.82) is 0 Å². The topological polar surface area (TPSA) is 17.1 Å². The molecule has 0 saturated carbocycles. The van der Waals surface area contributed by atoms with E-state index in [0.29, 0.717) is 0 Å². The van der Waals surface area contributed by atoms with Gasteiger partial charge < -0.3 is 0 Å². The molecule has 0 bridgehead atoms. The highest BCUT2D eigenvalue weighted by Gasteiger charge is 2.26. The molecule has 0 aliphatic carbocycles.